The maximum atomic E-state index is 14.3. The number of nitrogens with one attached hydrogen (secondary N) is 2. The number of amides is 1. The largest absolute Gasteiger partial charge is 0.406 e. The van der Waals surface area contributed by atoms with E-state index in [4.69, 9.17) is 10.2 Å². The first kappa shape index (κ1) is 25.6. The molecule has 0 saturated heterocycles. The van der Waals surface area contributed by atoms with E-state index in [0.29, 0.717) is 22.8 Å². The molecule has 10 nitrogen and oxygen atoms in total. The average Bonchev–Trinajstić information content (AvgIpc) is 3.51. The van der Waals surface area contributed by atoms with Crippen LogP contribution in [0.5, 0.6) is 0 Å². The van der Waals surface area contributed by atoms with Gasteiger partial charge >= 0.3 is 6.18 Å². The number of aromatic amines is 1. The Morgan fingerprint density at radius 3 is 2.38 bits per heavy atom. The van der Waals surface area contributed by atoms with Crippen molar-refractivity contribution in [2.45, 2.75) is 12.0 Å². The number of halogens is 3. The molecule has 1 aromatic carbocycles. The van der Waals surface area contributed by atoms with Gasteiger partial charge in [0.05, 0.1) is 11.9 Å². The van der Waals surface area contributed by atoms with Crippen molar-refractivity contribution in [3.05, 3.63) is 115 Å². The number of allylic oxidation sites excluding steroid dienone is 1. The SMILES string of the molecule is O=C(NO)c1ccc(N(CC(F)(F)F)C2(c3cccnc3)N=C(c3ncc[nH]3)C=CN2c2cccnc2)cc1. The van der Waals surface area contributed by atoms with E-state index in [9.17, 15) is 18.0 Å². The number of nitrogens with zero attached hydrogens (tertiary/aromatic N) is 6. The van der Waals surface area contributed by atoms with E-state index in [-0.39, 0.29) is 11.3 Å². The van der Waals surface area contributed by atoms with Crippen molar-refractivity contribution in [1.82, 2.24) is 25.4 Å². The van der Waals surface area contributed by atoms with Gasteiger partial charge in [-0.05, 0) is 54.6 Å². The molecule has 0 saturated carbocycles. The average molecular weight is 535 g/mol. The molecular formula is C26H21F3N8O2. The molecule has 0 spiro atoms. The van der Waals surface area contributed by atoms with Crippen molar-refractivity contribution in [2.75, 3.05) is 16.3 Å². The van der Waals surface area contributed by atoms with Crippen molar-refractivity contribution in [1.29, 1.82) is 0 Å². The van der Waals surface area contributed by atoms with Crippen LogP contribution in [0.4, 0.5) is 24.5 Å². The number of aromatic nitrogens is 4. The number of carbonyl (C=O) groups excluding carboxylic acids is 1. The number of benzene rings is 1. The Kier molecular flexibility index (Phi) is 6.81. The van der Waals surface area contributed by atoms with Crippen LogP contribution in [0, 0.1) is 0 Å². The summed E-state index contributed by atoms with van der Waals surface area (Å²) in [6.45, 7) is -1.42. The Hall–Kier alpha value is -5.04. The fourth-order valence-electron chi connectivity index (χ4n) is 4.34. The normalized spacial score (nSPS) is 17.0. The van der Waals surface area contributed by atoms with Crippen molar-refractivity contribution in [3.8, 4) is 0 Å². The highest BCUT2D eigenvalue weighted by atomic mass is 19.4. The Balaban J connectivity index is 1.81. The molecule has 3 N–H and O–H groups in total. The van der Waals surface area contributed by atoms with Gasteiger partial charge in [-0.25, -0.2) is 15.5 Å². The third-order valence-corrected chi connectivity index (χ3v) is 5.96. The third-order valence-electron chi connectivity index (χ3n) is 5.96. The highest BCUT2D eigenvalue weighted by Gasteiger charge is 2.50. The van der Waals surface area contributed by atoms with Crippen molar-refractivity contribution >= 4 is 23.0 Å². The standard InChI is InChI=1S/C26H21F3N8O2/c27-25(28,29)17-37(20-7-5-18(6-8-20)24(38)35-39)26(19-3-1-10-30-15-19)34-22(23-32-12-13-33-23)9-14-36(26)21-4-2-11-31-16-21/h1-16,39H,17H2,(H,32,33)(H,35,38). The third kappa shape index (κ3) is 5.07. The summed E-state index contributed by atoms with van der Waals surface area (Å²) in [7, 11) is 0. The van der Waals surface area contributed by atoms with Gasteiger partial charge in [0.2, 0.25) is 5.79 Å². The molecule has 39 heavy (non-hydrogen) atoms. The lowest BCUT2D eigenvalue weighted by Crippen LogP contribution is -2.60. The smallest absolute Gasteiger partial charge is 0.343 e. The second kappa shape index (κ2) is 10.4. The van der Waals surface area contributed by atoms with Crippen LogP contribution in [0.25, 0.3) is 0 Å². The van der Waals surface area contributed by atoms with E-state index in [1.807, 2.05) is 0 Å². The number of pyridine rings is 2. The number of imidazole rings is 1. The van der Waals surface area contributed by atoms with Gasteiger partial charge < -0.3 is 14.8 Å². The quantitative estimate of drug-likeness (QED) is 0.242. The molecule has 13 heteroatoms. The van der Waals surface area contributed by atoms with Crippen LogP contribution in [-0.4, -0.2) is 49.5 Å². The summed E-state index contributed by atoms with van der Waals surface area (Å²) in [6, 6.07) is 12.0. The van der Waals surface area contributed by atoms with E-state index in [1.54, 1.807) is 53.8 Å². The number of hydrogen-bond donors (Lipinski definition) is 3. The highest BCUT2D eigenvalue weighted by Crippen LogP contribution is 2.44. The summed E-state index contributed by atoms with van der Waals surface area (Å²) in [5.74, 6) is -2.32. The molecule has 0 fully saturated rings. The van der Waals surface area contributed by atoms with Crippen molar-refractivity contribution < 1.29 is 23.2 Å². The highest BCUT2D eigenvalue weighted by molar-refractivity contribution is 6.07. The molecule has 198 valence electrons. The summed E-state index contributed by atoms with van der Waals surface area (Å²) in [6.07, 6.45) is 7.72. The minimum atomic E-state index is -4.67. The first-order chi connectivity index (χ1) is 18.8. The molecule has 4 aromatic rings. The van der Waals surface area contributed by atoms with E-state index in [2.05, 4.69) is 19.9 Å². The number of carbonyl (C=O) groups is 1. The van der Waals surface area contributed by atoms with Crippen LogP contribution in [0.3, 0.4) is 0 Å². The van der Waals surface area contributed by atoms with Crippen LogP contribution in [-0.2, 0) is 5.79 Å². The molecular weight excluding hydrogens is 513 g/mol. The second-order valence-corrected chi connectivity index (χ2v) is 8.40. The van der Waals surface area contributed by atoms with Crippen LogP contribution in [0.1, 0.15) is 21.7 Å². The van der Waals surface area contributed by atoms with Gasteiger partial charge in [0.15, 0.2) is 5.82 Å². The van der Waals surface area contributed by atoms with Crippen molar-refractivity contribution in [3.63, 3.8) is 0 Å². The first-order valence-corrected chi connectivity index (χ1v) is 11.6. The Morgan fingerprint density at radius 2 is 1.79 bits per heavy atom. The summed E-state index contributed by atoms with van der Waals surface area (Å²) in [4.78, 5) is 35.0. The summed E-state index contributed by atoms with van der Waals surface area (Å²) in [5.41, 5.74) is 2.75. The predicted octanol–water partition coefficient (Wildman–Crippen LogP) is 4.02. The van der Waals surface area contributed by atoms with Gasteiger partial charge in [-0.3, -0.25) is 20.0 Å². The summed E-state index contributed by atoms with van der Waals surface area (Å²) < 4.78 is 43.0. The fraction of sp³-hybridized carbons (Fsp3) is 0.115. The monoisotopic (exact) mass is 534 g/mol. The second-order valence-electron chi connectivity index (χ2n) is 8.40. The number of H-pyrrole nitrogens is 1. The Labute approximate surface area is 220 Å². The minimum Gasteiger partial charge on any atom is -0.343 e. The minimum absolute atomic E-state index is 0.0519. The topological polar surface area (TPSA) is 123 Å². The zero-order valence-electron chi connectivity index (χ0n) is 20.1. The number of hydroxylamine groups is 1. The lowest BCUT2D eigenvalue weighted by Gasteiger charge is -2.50. The number of hydrogen-bond acceptors (Lipinski definition) is 8. The van der Waals surface area contributed by atoms with Gasteiger partial charge in [0.25, 0.3) is 5.91 Å². The zero-order valence-corrected chi connectivity index (χ0v) is 20.1. The molecule has 0 bridgehead atoms. The molecule has 1 atom stereocenters. The summed E-state index contributed by atoms with van der Waals surface area (Å²) in [5, 5.41) is 8.98. The van der Waals surface area contributed by atoms with Gasteiger partial charge in [-0.2, -0.15) is 13.2 Å². The van der Waals surface area contributed by atoms with Crippen LogP contribution in [0.2, 0.25) is 0 Å². The lowest BCUT2D eigenvalue weighted by atomic mass is 10.0. The number of rotatable bonds is 7. The lowest BCUT2D eigenvalue weighted by molar-refractivity contribution is -0.122. The molecule has 5 rings (SSSR count). The number of alkyl halides is 3. The Morgan fingerprint density at radius 1 is 1.05 bits per heavy atom. The maximum absolute atomic E-state index is 14.3. The predicted molar refractivity (Wildman–Crippen MR) is 136 cm³/mol. The molecule has 0 aliphatic carbocycles. The van der Waals surface area contributed by atoms with Crippen LogP contribution < -0.4 is 15.3 Å². The zero-order chi connectivity index (χ0) is 27.5. The fourth-order valence-corrected chi connectivity index (χ4v) is 4.34. The van der Waals surface area contributed by atoms with Crippen LogP contribution in [0.15, 0.2) is 103 Å². The van der Waals surface area contributed by atoms with Crippen molar-refractivity contribution in [2.24, 2.45) is 4.99 Å². The van der Waals surface area contributed by atoms with Gasteiger partial charge in [0.1, 0.15) is 12.3 Å². The molecule has 1 amide bonds. The van der Waals surface area contributed by atoms with E-state index < -0.39 is 24.4 Å². The molecule has 1 aliphatic heterocycles. The summed E-state index contributed by atoms with van der Waals surface area (Å²) >= 11 is 0. The van der Waals surface area contributed by atoms with E-state index >= 15 is 0 Å². The van der Waals surface area contributed by atoms with E-state index in [1.165, 1.54) is 54.5 Å². The van der Waals surface area contributed by atoms with Gasteiger partial charge in [-0.15, -0.1) is 0 Å². The number of anilines is 2. The van der Waals surface area contributed by atoms with Gasteiger partial charge in [0, 0.05) is 54.0 Å². The molecule has 3 aromatic heterocycles. The Bertz CT molecular complexity index is 1480. The maximum Gasteiger partial charge on any atom is 0.406 e. The first-order valence-electron chi connectivity index (χ1n) is 11.6. The molecule has 1 aliphatic rings. The van der Waals surface area contributed by atoms with Gasteiger partial charge in [-0.1, -0.05) is 0 Å². The molecule has 1 unspecified atom stereocenters. The molecule has 4 heterocycles. The number of aliphatic imine (C=N–C) groups is 1. The van der Waals surface area contributed by atoms with E-state index in [0.717, 1.165) is 4.90 Å². The van der Waals surface area contributed by atoms with Crippen LogP contribution >= 0.6 is 0 Å². The molecule has 0 radical (unpaired) electrons.